The summed E-state index contributed by atoms with van der Waals surface area (Å²) in [6.45, 7) is 21.6. The lowest BCUT2D eigenvalue weighted by Crippen LogP contribution is -2.28. The Kier molecular flexibility index (Phi) is 9.67. The SMILES string of the molecule is CC(C)(C)CC(C)(C)c1ccc(NN(c2ccc(C(C)(C)CC(C)(C)C)cc2)c2c([N+](=O)[O-])cc([N+](=O)[O-])cc2[N+](=O)[O-])cc1. The van der Waals surface area contributed by atoms with Gasteiger partial charge in [0, 0.05) is 0 Å². The Morgan fingerprint density at radius 3 is 1.31 bits per heavy atom. The number of hydrazine groups is 1. The van der Waals surface area contributed by atoms with Crippen LogP contribution in [0.4, 0.5) is 34.1 Å². The molecule has 0 aliphatic carbocycles. The van der Waals surface area contributed by atoms with Crippen molar-refractivity contribution in [1.29, 1.82) is 0 Å². The Labute approximate surface area is 265 Å². The van der Waals surface area contributed by atoms with Crippen LogP contribution in [0.2, 0.25) is 0 Å². The molecule has 0 aromatic heterocycles. The fourth-order valence-corrected chi connectivity index (χ4v) is 6.49. The number of rotatable bonds is 11. The van der Waals surface area contributed by atoms with E-state index >= 15 is 0 Å². The first-order chi connectivity index (χ1) is 20.5. The van der Waals surface area contributed by atoms with Crippen LogP contribution in [-0.4, -0.2) is 14.8 Å². The lowest BCUT2D eigenvalue weighted by atomic mass is 9.72. The molecular weight excluding hydrogens is 574 g/mol. The second kappa shape index (κ2) is 12.5. The monoisotopic (exact) mass is 619 g/mol. The summed E-state index contributed by atoms with van der Waals surface area (Å²) in [5, 5.41) is 37.3. The van der Waals surface area contributed by atoms with E-state index in [0.29, 0.717) is 11.4 Å². The van der Waals surface area contributed by atoms with Gasteiger partial charge >= 0.3 is 11.4 Å². The van der Waals surface area contributed by atoms with E-state index in [0.717, 1.165) is 36.1 Å². The van der Waals surface area contributed by atoms with Crippen LogP contribution in [0.1, 0.15) is 93.2 Å². The summed E-state index contributed by atoms with van der Waals surface area (Å²) in [7, 11) is 0. The van der Waals surface area contributed by atoms with Crippen LogP contribution in [0.25, 0.3) is 0 Å². The summed E-state index contributed by atoms with van der Waals surface area (Å²) >= 11 is 0. The number of nitro groups is 3. The zero-order chi connectivity index (χ0) is 34.1. The van der Waals surface area contributed by atoms with E-state index in [9.17, 15) is 30.3 Å². The smallest absolute Gasteiger partial charge is 0.293 e. The number of hydrogen-bond donors (Lipinski definition) is 1. The number of non-ortho nitro benzene ring substituents is 1. The standard InChI is InChI=1S/C34H45N5O6/c1-31(2,3)21-33(7,8)23-11-15-25(16-12-23)35-36(26-17-13-24(14-18-26)34(9,10)22-32(4,5)6)30-28(38(42)43)19-27(37(40)41)20-29(30)39(44)45/h11-20,35H,21-22H2,1-10H3. The van der Waals surface area contributed by atoms with E-state index in [2.05, 4.69) is 74.7 Å². The van der Waals surface area contributed by atoms with Gasteiger partial charge < -0.3 is 0 Å². The van der Waals surface area contributed by atoms with E-state index in [1.54, 1.807) is 12.1 Å². The van der Waals surface area contributed by atoms with Crippen LogP contribution in [0.3, 0.4) is 0 Å². The van der Waals surface area contributed by atoms with Crippen LogP contribution >= 0.6 is 0 Å². The van der Waals surface area contributed by atoms with Gasteiger partial charge in [-0.1, -0.05) is 93.5 Å². The van der Waals surface area contributed by atoms with E-state index < -0.39 is 37.5 Å². The highest BCUT2D eigenvalue weighted by atomic mass is 16.6. The Hall–Kier alpha value is -4.54. The molecule has 0 amide bonds. The van der Waals surface area contributed by atoms with E-state index in [-0.39, 0.29) is 21.7 Å². The van der Waals surface area contributed by atoms with Gasteiger partial charge in [0.15, 0.2) is 0 Å². The minimum absolute atomic E-state index is 0.0589. The number of nitrogens with one attached hydrogen (secondary N) is 1. The van der Waals surface area contributed by atoms with Gasteiger partial charge in [-0.15, -0.1) is 0 Å². The van der Waals surface area contributed by atoms with Crippen molar-refractivity contribution in [2.24, 2.45) is 10.8 Å². The quantitative estimate of drug-likeness (QED) is 0.165. The third-order valence-corrected chi connectivity index (χ3v) is 7.64. The molecule has 3 rings (SSSR count). The number of benzene rings is 3. The Morgan fingerprint density at radius 1 is 0.600 bits per heavy atom. The van der Waals surface area contributed by atoms with Gasteiger partial charge in [0.2, 0.25) is 5.69 Å². The highest BCUT2D eigenvalue weighted by Crippen LogP contribution is 2.45. The number of nitro benzene ring substituents is 3. The normalized spacial score (nSPS) is 12.5. The van der Waals surface area contributed by atoms with Crippen molar-refractivity contribution in [3.8, 4) is 0 Å². The number of hydrogen-bond acceptors (Lipinski definition) is 8. The molecule has 11 nitrogen and oxygen atoms in total. The van der Waals surface area contributed by atoms with Crippen LogP contribution in [0, 0.1) is 41.2 Å². The fourth-order valence-electron chi connectivity index (χ4n) is 6.49. The second-order valence-electron chi connectivity index (χ2n) is 15.4. The first-order valence-corrected chi connectivity index (χ1v) is 14.9. The number of anilines is 3. The number of nitrogens with zero attached hydrogens (tertiary/aromatic N) is 4. The molecule has 0 heterocycles. The predicted octanol–water partition coefficient (Wildman–Crippen LogP) is 10.0. The molecule has 45 heavy (non-hydrogen) atoms. The predicted molar refractivity (Wildman–Crippen MR) is 179 cm³/mol. The highest BCUT2D eigenvalue weighted by molar-refractivity contribution is 5.85. The molecule has 0 aliphatic rings. The molecule has 0 spiro atoms. The lowest BCUT2D eigenvalue weighted by molar-refractivity contribution is -0.402. The maximum Gasteiger partial charge on any atom is 0.308 e. The van der Waals surface area contributed by atoms with Gasteiger partial charge in [-0.05, 0) is 69.9 Å². The van der Waals surface area contributed by atoms with Crippen molar-refractivity contribution in [2.75, 3.05) is 10.4 Å². The average Bonchev–Trinajstić information content (AvgIpc) is 2.88. The van der Waals surface area contributed by atoms with E-state index in [4.69, 9.17) is 0 Å². The van der Waals surface area contributed by atoms with Gasteiger partial charge in [-0.2, -0.15) is 0 Å². The molecule has 0 radical (unpaired) electrons. The third-order valence-electron chi connectivity index (χ3n) is 7.64. The molecule has 0 unspecified atom stereocenters. The van der Waals surface area contributed by atoms with Gasteiger partial charge in [0.05, 0.1) is 38.3 Å². The minimum Gasteiger partial charge on any atom is -0.293 e. The maximum atomic E-state index is 12.3. The van der Waals surface area contributed by atoms with Crippen molar-refractivity contribution in [3.63, 3.8) is 0 Å². The molecule has 0 saturated carbocycles. The van der Waals surface area contributed by atoms with Crippen LogP contribution in [0.5, 0.6) is 0 Å². The summed E-state index contributed by atoms with van der Waals surface area (Å²) < 4.78 is 0. The summed E-state index contributed by atoms with van der Waals surface area (Å²) in [6.07, 6.45) is 1.82. The van der Waals surface area contributed by atoms with Crippen molar-refractivity contribution in [2.45, 2.75) is 92.9 Å². The maximum absolute atomic E-state index is 12.3. The van der Waals surface area contributed by atoms with Crippen LogP contribution < -0.4 is 10.4 Å². The van der Waals surface area contributed by atoms with Gasteiger partial charge in [-0.3, -0.25) is 35.8 Å². The molecule has 0 aliphatic heterocycles. The molecule has 0 atom stereocenters. The third kappa shape index (κ3) is 8.77. The molecule has 0 saturated heterocycles. The lowest BCUT2D eigenvalue weighted by Gasteiger charge is -2.34. The van der Waals surface area contributed by atoms with Gasteiger partial charge in [0.1, 0.15) is 0 Å². The van der Waals surface area contributed by atoms with Crippen LogP contribution in [-0.2, 0) is 10.8 Å². The summed E-state index contributed by atoms with van der Waals surface area (Å²) in [4.78, 5) is 33.5. The molecule has 3 aromatic rings. The molecule has 242 valence electrons. The van der Waals surface area contributed by atoms with Crippen molar-refractivity contribution in [3.05, 3.63) is 102 Å². The van der Waals surface area contributed by atoms with Crippen LogP contribution in [0.15, 0.2) is 60.7 Å². The second-order valence-corrected chi connectivity index (χ2v) is 15.4. The minimum atomic E-state index is -0.883. The zero-order valence-corrected chi connectivity index (χ0v) is 27.9. The van der Waals surface area contributed by atoms with Crippen molar-refractivity contribution < 1.29 is 14.8 Å². The van der Waals surface area contributed by atoms with E-state index in [1.807, 2.05) is 36.4 Å². The summed E-state index contributed by atoms with van der Waals surface area (Å²) in [6, 6.07) is 16.3. The average molecular weight is 620 g/mol. The van der Waals surface area contributed by atoms with Crippen molar-refractivity contribution in [1.82, 2.24) is 0 Å². The Morgan fingerprint density at radius 2 is 0.978 bits per heavy atom. The first kappa shape index (κ1) is 34.9. The highest BCUT2D eigenvalue weighted by Gasteiger charge is 2.36. The Bertz CT molecular complexity index is 1530. The molecule has 3 aromatic carbocycles. The summed E-state index contributed by atoms with van der Waals surface area (Å²) in [5.41, 5.74) is 3.24. The first-order valence-electron chi connectivity index (χ1n) is 14.9. The summed E-state index contributed by atoms with van der Waals surface area (Å²) in [5.74, 6) is 0. The molecule has 1 N–H and O–H groups in total. The molecular formula is C34H45N5O6. The van der Waals surface area contributed by atoms with Gasteiger partial charge in [-0.25, -0.2) is 5.01 Å². The Balaban J connectivity index is 2.21. The largest absolute Gasteiger partial charge is 0.308 e. The molecule has 0 bridgehead atoms. The zero-order valence-electron chi connectivity index (χ0n) is 27.9. The topological polar surface area (TPSA) is 145 Å². The van der Waals surface area contributed by atoms with Gasteiger partial charge in [0.25, 0.3) is 5.69 Å². The molecule has 11 heteroatoms. The molecule has 0 fully saturated rings. The fraction of sp³-hybridized carbons (Fsp3) is 0.471. The van der Waals surface area contributed by atoms with E-state index in [1.165, 1.54) is 5.01 Å². The van der Waals surface area contributed by atoms with Crippen molar-refractivity contribution >= 4 is 34.1 Å².